The van der Waals surface area contributed by atoms with Crippen molar-refractivity contribution in [3.8, 4) is 0 Å². The molecular formula is C16H17ClF2N4O. The second-order valence-electron chi connectivity index (χ2n) is 5.60. The van der Waals surface area contributed by atoms with E-state index in [0.717, 1.165) is 10.6 Å². The van der Waals surface area contributed by atoms with Gasteiger partial charge in [0, 0.05) is 43.9 Å². The SMILES string of the molecule is O=C(c1ccnn1C(F)F)N1CCN(Cc2ccccc2Cl)CC1. The van der Waals surface area contributed by atoms with E-state index in [9.17, 15) is 13.6 Å². The number of hydrogen-bond donors (Lipinski definition) is 0. The molecule has 1 fully saturated rings. The number of alkyl halides is 2. The van der Waals surface area contributed by atoms with Gasteiger partial charge in [-0.2, -0.15) is 18.6 Å². The monoisotopic (exact) mass is 354 g/mol. The number of hydrogen-bond acceptors (Lipinski definition) is 3. The van der Waals surface area contributed by atoms with Crippen LogP contribution in [0.5, 0.6) is 0 Å². The molecular weight excluding hydrogens is 338 g/mol. The Morgan fingerprint density at radius 1 is 1.17 bits per heavy atom. The van der Waals surface area contributed by atoms with E-state index in [1.165, 1.54) is 12.3 Å². The van der Waals surface area contributed by atoms with Crippen LogP contribution in [-0.4, -0.2) is 51.7 Å². The van der Waals surface area contributed by atoms with Gasteiger partial charge in [-0.3, -0.25) is 9.69 Å². The lowest BCUT2D eigenvalue weighted by Gasteiger charge is -2.34. The van der Waals surface area contributed by atoms with Crippen molar-refractivity contribution in [2.75, 3.05) is 26.2 Å². The minimum atomic E-state index is -2.82. The zero-order valence-electron chi connectivity index (χ0n) is 12.9. The summed E-state index contributed by atoms with van der Waals surface area (Å²) in [4.78, 5) is 16.2. The molecule has 2 heterocycles. The van der Waals surface area contributed by atoms with Crippen molar-refractivity contribution in [1.29, 1.82) is 0 Å². The molecule has 24 heavy (non-hydrogen) atoms. The van der Waals surface area contributed by atoms with E-state index in [0.29, 0.717) is 37.4 Å². The van der Waals surface area contributed by atoms with Gasteiger partial charge in [-0.25, -0.2) is 0 Å². The molecule has 1 aromatic carbocycles. The van der Waals surface area contributed by atoms with Crippen LogP contribution in [-0.2, 0) is 6.54 Å². The number of benzene rings is 1. The van der Waals surface area contributed by atoms with Crippen LogP contribution in [0, 0.1) is 0 Å². The van der Waals surface area contributed by atoms with Gasteiger partial charge in [0.2, 0.25) is 0 Å². The van der Waals surface area contributed by atoms with Crippen LogP contribution >= 0.6 is 11.6 Å². The van der Waals surface area contributed by atoms with Gasteiger partial charge in [0.1, 0.15) is 5.69 Å². The summed E-state index contributed by atoms with van der Waals surface area (Å²) in [6, 6.07) is 8.97. The number of amides is 1. The standard InChI is InChI=1S/C16H17ClF2N4O/c17-13-4-2-1-3-12(13)11-21-7-9-22(10-8-21)15(24)14-5-6-20-23(14)16(18)19/h1-6,16H,7-11H2. The normalized spacial score (nSPS) is 15.9. The number of aromatic nitrogens is 2. The van der Waals surface area contributed by atoms with E-state index in [1.807, 2.05) is 24.3 Å². The fraction of sp³-hybridized carbons (Fsp3) is 0.375. The Morgan fingerprint density at radius 2 is 1.88 bits per heavy atom. The van der Waals surface area contributed by atoms with Crippen LogP contribution in [0.1, 0.15) is 22.6 Å². The van der Waals surface area contributed by atoms with Crippen molar-refractivity contribution in [3.05, 3.63) is 52.8 Å². The number of nitrogens with zero attached hydrogens (tertiary/aromatic N) is 4. The molecule has 3 rings (SSSR count). The maximum Gasteiger partial charge on any atom is 0.333 e. The molecule has 0 bridgehead atoms. The molecule has 0 atom stereocenters. The van der Waals surface area contributed by atoms with Gasteiger partial charge < -0.3 is 4.90 Å². The van der Waals surface area contributed by atoms with Crippen molar-refractivity contribution in [1.82, 2.24) is 19.6 Å². The van der Waals surface area contributed by atoms with Crippen molar-refractivity contribution in [2.24, 2.45) is 0 Å². The minimum Gasteiger partial charge on any atom is -0.335 e. The van der Waals surface area contributed by atoms with Gasteiger partial charge in [-0.15, -0.1) is 0 Å². The maximum absolute atomic E-state index is 12.8. The number of piperazine rings is 1. The van der Waals surface area contributed by atoms with Gasteiger partial charge in [0.15, 0.2) is 0 Å². The molecule has 128 valence electrons. The third kappa shape index (κ3) is 3.57. The second-order valence-corrected chi connectivity index (χ2v) is 6.01. The summed E-state index contributed by atoms with van der Waals surface area (Å²) < 4.78 is 26.1. The van der Waals surface area contributed by atoms with Crippen LogP contribution in [0.15, 0.2) is 36.5 Å². The van der Waals surface area contributed by atoms with Crippen LogP contribution < -0.4 is 0 Å². The third-order valence-electron chi connectivity index (χ3n) is 4.09. The highest BCUT2D eigenvalue weighted by atomic mass is 35.5. The van der Waals surface area contributed by atoms with Gasteiger partial charge in [0.05, 0.1) is 0 Å². The van der Waals surface area contributed by atoms with Crippen LogP contribution in [0.2, 0.25) is 5.02 Å². The Kier molecular flexibility index (Phi) is 5.11. The van der Waals surface area contributed by atoms with Crippen molar-refractivity contribution >= 4 is 17.5 Å². The Hall–Kier alpha value is -1.99. The Bertz CT molecular complexity index is 714. The molecule has 1 aromatic heterocycles. The van der Waals surface area contributed by atoms with E-state index < -0.39 is 12.5 Å². The summed E-state index contributed by atoms with van der Waals surface area (Å²) in [5.74, 6) is -0.412. The van der Waals surface area contributed by atoms with Crippen LogP contribution in [0.3, 0.4) is 0 Å². The second kappa shape index (κ2) is 7.27. The molecule has 0 unspecified atom stereocenters. The van der Waals surface area contributed by atoms with Gasteiger partial charge in [-0.1, -0.05) is 29.8 Å². The molecule has 0 spiro atoms. The number of rotatable bonds is 4. The zero-order valence-corrected chi connectivity index (χ0v) is 13.7. The van der Waals surface area contributed by atoms with E-state index in [1.54, 1.807) is 4.90 Å². The molecule has 1 amide bonds. The first-order chi connectivity index (χ1) is 11.6. The van der Waals surface area contributed by atoms with Gasteiger partial charge in [-0.05, 0) is 17.7 Å². The Morgan fingerprint density at radius 3 is 2.54 bits per heavy atom. The lowest BCUT2D eigenvalue weighted by Crippen LogP contribution is -2.48. The highest BCUT2D eigenvalue weighted by Gasteiger charge is 2.26. The molecule has 1 aliphatic heterocycles. The maximum atomic E-state index is 12.8. The molecule has 1 aliphatic rings. The fourth-order valence-electron chi connectivity index (χ4n) is 2.78. The van der Waals surface area contributed by atoms with E-state index in [4.69, 9.17) is 11.6 Å². The highest BCUT2D eigenvalue weighted by Crippen LogP contribution is 2.19. The molecule has 0 aliphatic carbocycles. The third-order valence-corrected chi connectivity index (χ3v) is 4.45. The summed E-state index contributed by atoms with van der Waals surface area (Å²) in [5.41, 5.74) is 0.958. The number of carbonyl (C=O) groups excluding carboxylic acids is 1. The van der Waals surface area contributed by atoms with E-state index >= 15 is 0 Å². The molecule has 0 saturated carbocycles. The molecule has 8 heteroatoms. The molecule has 1 saturated heterocycles. The zero-order chi connectivity index (χ0) is 17.1. The van der Waals surface area contributed by atoms with Crippen molar-refractivity contribution in [2.45, 2.75) is 13.1 Å². The summed E-state index contributed by atoms with van der Waals surface area (Å²) in [6.45, 7) is 0.187. The van der Waals surface area contributed by atoms with Crippen molar-refractivity contribution in [3.63, 3.8) is 0 Å². The number of halogens is 3. The lowest BCUT2D eigenvalue weighted by atomic mass is 10.2. The largest absolute Gasteiger partial charge is 0.335 e. The summed E-state index contributed by atoms with van der Waals surface area (Å²) in [7, 11) is 0. The number of carbonyl (C=O) groups is 1. The topological polar surface area (TPSA) is 41.4 Å². The molecule has 5 nitrogen and oxygen atoms in total. The van der Waals surface area contributed by atoms with Gasteiger partial charge >= 0.3 is 6.55 Å². The lowest BCUT2D eigenvalue weighted by molar-refractivity contribution is 0.0424. The van der Waals surface area contributed by atoms with E-state index in [-0.39, 0.29) is 5.69 Å². The minimum absolute atomic E-state index is 0.0791. The predicted octanol–water partition coefficient (Wildman–Crippen LogP) is 2.89. The molecule has 2 aromatic rings. The first-order valence-corrected chi connectivity index (χ1v) is 8.01. The highest BCUT2D eigenvalue weighted by molar-refractivity contribution is 6.31. The van der Waals surface area contributed by atoms with E-state index in [2.05, 4.69) is 10.00 Å². The smallest absolute Gasteiger partial charge is 0.333 e. The summed E-state index contributed by atoms with van der Waals surface area (Å²) >= 11 is 6.17. The fourth-order valence-corrected chi connectivity index (χ4v) is 2.97. The Balaban J connectivity index is 1.60. The summed E-state index contributed by atoms with van der Waals surface area (Å²) in [6.07, 6.45) is 1.22. The van der Waals surface area contributed by atoms with Crippen LogP contribution in [0.4, 0.5) is 8.78 Å². The average Bonchev–Trinajstić information content (AvgIpc) is 3.07. The quantitative estimate of drug-likeness (QED) is 0.847. The molecule has 0 radical (unpaired) electrons. The first-order valence-electron chi connectivity index (χ1n) is 7.63. The average molecular weight is 355 g/mol. The Labute approximate surface area is 143 Å². The van der Waals surface area contributed by atoms with Crippen molar-refractivity contribution < 1.29 is 13.6 Å². The first kappa shape index (κ1) is 16.9. The summed E-state index contributed by atoms with van der Waals surface area (Å²) in [5, 5.41) is 4.23. The van der Waals surface area contributed by atoms with Gasteiger partial charge in [0.25, 0.3) is 5.91 Å². The predicted molar refractivity (Wildman–Crippen MR) is 86.1 cm³/mol. The van der Waals surface area contributed by atoms with Crippen LogP contribution in [0.25, 0.3) is 0 Å². The molecule has 0 N–H and O–H groups in total.